The van der Waals surface area contributed by atoms with Crippen molar-refractivity contribution in [3.05, 3.63) is 365 Å². The van der Waals surface area contributed by atoms with E-state index in [-0.39, 0.29) is 50.5 Å². The second-order valence-electron chi connectivity index (χ2n) is 22.6. The van der Waals surface area contributed by atoms with E-state index in [4.69, 9.17) is 41.2 Å². The molecule has 0 saturated heterocycles. The second-order valence-corrected chi connectivity index (χ2v) is 23.9. The number of halogens is 5. The van der Waals surface area contributed by atoms with Crippen LogP contribution < -0.4 is 42.6 Å². The minimum atomic E-state index is -1.51. The predicted octanol–water partition coefficient (Wildman–Crippen LogP) is 10.9. The lowest BCUT2D eigenvalue weighted by Crippen LogP contribution is -2.29. The summed E-state index contributed by atoms with van der Waals surface area (Å²) >= 11 is 7.49. The van der Waals surface area contributed by atoms with Gasteiger partial charge in [-0.2, -0.15) is 20.4 Å². The molecule has 13 aromatic rings. The van der Waals surface area contributed by atoms with Crippen LogP contribution in [0.3, 0.4) is 0 Å². The third-order valence-electron chi connectivity index (χ3n) is 15.3. The van der Waals surface area contributed by atoms with Crippen LogP contribution in [-0.4, -0.2) is 99.0 Å². The van der Waals surface area contributed by atoms with Crippen LogP contribution in [0.25, 0.3) is 33.4 Å². The Kier molecular flexibility index (Phi) is 29.8. The molecule has 5 N–H and O–H groups in total. The number of methoxy groups -OCH3 is 2. The van der Waals surface area contributed by atoms with E-state index in [1.807, 2.05) is 147 Å². The monoisotopic (exact) mass is 1460 g/mol. The number of aryl methyl sites for hydroxylation is 1. The summed E-state index contributed by atoms with van der Waals surface area (Å²) in [5.74, 6) is -1.02. The van der Waals surface area contributed by atoms with E-state index in [2.05, 4.69) is 20.4 Å². The van der Waals surface area contributed by atoms with Crippen molar-refractivity contribution < 1.29 is 52.2 Å². The number of rotatable bonds is 16. The first-order valence-corrected chi connectivity index (χ1v) is 33.6. The Labute approximate surface area is 610 Å². The largest absolute Gasteiger partial charge is 0.505 e. The van der Waals surface area contributed by atoms with Crippen molar-refractivity contribution >= 4 is 48.5 Å². The molecule has 0 unspecified atom stereocenters. The summed E-state index contributed by atoms with van der Waals surface area (Å²) in [5.41, 5.74) is 7.07. The van der Waals surface area contributed by atoms with Gasteiger partial charge in [-0.05, 0) is 129 Å². The molecule has 0 bridgehead atoms. The van der Waals surface area contributed by atoms with Crippen LogP contribution in [0, 0.1) is 30.2 Å². The van der Waals surface area contributed by atoms with E-state index < -0.39 is 25.6 Å². The van der Waals surface area contributed by atoms with Crippen LogP contribution in [0.2, 0.25) is 5.02 Å². The van der Waals surface area contributed by atoms with E-state index in [0.29, 0.717) is 76.4 Å². The van der Waals surface area contributed by atoms with Crippen molar-refractivity contribution in [2.75, 3.05) is 20.5 Å². The maximum Gasteiger partial charge on any atom is 0.488 e. The number of hydrogen-bond acceptors (Lipinski definition) is 16. The Bertz CT molecular complexity index is 5000. The van der Waals surface area contributed by atoms with Crippen molar-refractivity contribution in [1.82, 2.24) is 39.1 Å². The van der Waals surface area contributed by atoms with Gasteiger partial charge in [0.05, 0.1) is 81.9 Å². The predicted molar refractivity (Wildman–Crippen MR) is 401 cm³/mol. The highest BCUT2D eigenvalue weighted by molar-refractivity contribution is 7.98. The summed E-state index contributed by atoms with van der Waals surface area (Å²) in [4.78, 5) is 50.9. The highest BCUT2D eigenvalue weighted by Gasteiger charge is 2.18. The molecule has 0 fully saturated rings. The fraction of sp³-hybridized carbons (Fsp3) is 0.103. The first-order chi connectivity index (χ1) is 50.6. The van der Waals surface area contributed by atoms with Crippen LogP contribution in [-0.2, 0) is 26.2 Å². The van der Waals surface area contributed by atoms with Crippen molar-refractivity contribution in [2.24, 2.45) is 0 Å². The fourth-order valence-corrected chi connectivity index (χ4v) is 10.5. The molecule has 0 atom stereocenters. The molecule has 4 aromatic heterocycles. The van der Waals surface area contributed by atoms with Crippen LogP contribution in [0.5, 0.6) is 17.2 Å². The standard InChI is InChI=1S/C18H15FN2O2.C18H15FN2O.C17H13FN2O2.C12H11ClN2O2.C7H9BO2S.C6H6BFO2/c1-23-16-11-20-21(12-13-5-3-2-4-6-13)18(22)17(16)14-7-9-15(19)10-8-14;1-13-11-20-21(12-14-5-3-2-4-6-14)18(22)17(13)15-7-9-16(19)10-8-15;18-14-8-6-13(7-9-14)16-15(21)10-19-20(17(16)22)11-12-4-2-1-3-5-12;1-17-10-7-14-15(12(16)11(10)13)8-9-5-3-2-4-6-9;1-11-7-4-2-6(3-5-7)8(9)10;8-6-3-1-5(2-4-6)7(9)10/h2-11H,12H2,1H3;2-11H,12H2,1H3;1-10,21H,11H2;2-7H,8H2,1H3;2-5,9-10H,1H3;1-4,9-10H. The van der Waals surface area contributed by atoms with Gasteiger partial charge in [-0.1, -0.05) is 194 Å². The van der Waals surface area contributed by atoms with Crippen LogP contribution in [0.15, 0.2) is 292 Å². The number of aromatic hydroxyl groups is 1. The van der Waals surface area contributed by atoms with Crippen molar-refractivity contribution in [1.29, 1.82) is 0 Å². The molecule has 0 radical (unpaired) electrons. The number of thioether (sulfide) groups is 1. The number of benzene rings is 9. The molecule has 19 nitrogen and oxygen atoms in total. The van der Waals surface area contributed by atoms with Gasteiger partial charge < -0.3 is 34.7 Å². The number of aromatic nitrogens is 8. The normalized spacial score (nSPS) is 10.3. The number of ether oxygens (including phenoxy) is 2. The average molecular weight is 1460 g/mol. The smallest absolute Gasteiger partial charge is 0.488 e. The molecular weight excluding hydrogens is 1390 g/mol. The molecule has 0 spiro atoms. The van der Waals surface area contributed by atoms with Gasteiger partial charge in [0.2, 0.25) is 0 Å². The Morgan fingerprint density at radius 3 is 1.05 bits per heavy atom. The van der Waals surface area contributed by atoms with Gasteiger partial charge in [0.15, 0.2) is 16.5 Å². The summed E-state index contributed by atoms with van der Waals surface area (Å²) in [6.45, 7) is 3.30. The van der Waals surface area contributed by atoms with Gasteiger partial charge >= 0.3 is 14.2 Å². The minimum Gasteiger partial charge on any atom is -0.505 e. The summed E-state index contributed by atoms with van der Waals surface area (Å²) in [5, 5.41) is 60.9. The average Bonchev–Trinajstić information content (AvgIpc) is 0.815. The third-order valence-corrected chi connectivity index (χ3v) is 16.4. The van der Waals surface area contributed by atoms with Crippen LogP contribution >= 0.6 is 23.4 Å². The molecule has 0 aliphatic carbocycles. The molecule has 27 heteroatoms. The van der Waals surface area contributed by atoms with Crippen molar-refractivity contribution in [3.63, 3.8) is 0 Å². The lowest BCUT2D eigenvalue weighted by atomic mass is 9.80. The first kappa shape index (κ1) is 78.9. The van der Waals surface area contributed by atoms with Gasteiger partial charge in [0.25, 0.3) is 22.2 Å². The SMILES string of the molecule is COc1cnn(Cc2ccccc2)c(=O)c1-c1ccc(F)cc1.COc1cnn(Cc2ccccc2)c(=O)c1Cl.CSc1ccc(B(O)O)cc1.Cc1cnn(Cc2ccccc2)c(=O)c1-c1ccc(F)cc1.O=c1c(-c2ccc(F)cc2)c(O)cnn1Cc1ccccc1.OB(O)c1ccc(F)cc1. The van der Waals surface area contributed by atoms with Gasteiger partial charge in [-0.25, -0.2) is 36.3 Å². The van der Waals surface area contributed by atoms with Crippen molar-refractivity contribution in [2.45, 2.75) is 38.0 Å². The zero-order valence-corrected chi connectivity index (χ0v) is 58.5. The van der Waals surface area contributed by atoms with Gasteiger partial charge in [-0.3, -0.25) is 19.2 Å². The van der Waals surface area contributed by atoms with E-state index in [9.17, 15) is 41.8 Å². The van der Waals surface area contributed by atoms with E-state index >= 15 is 0 Å². The summed E-state index contributed by atoms with van der Waals surface area (Å²) in [6, 6.07) is 67.5. The number of nitrogens with zero attached hydrogens (tertiary/aromatic N) is 8. The van der Waals surface area contributed by atoms with Gasteiger partial charge in [-0.15, -0.1) is 11.8 Å². The molecule has 534 valence electrons. The highest BCUT2D eigenvalue weighted by atomic mass is 35.5. The first-order valence-electron chi connectivity index (χ1n) is 32.0. The molecule has 4 heterocycles. The van der Waals surface area contributed by atoms with E-state index in [1.165, 1.54) is 124 Å². The summed E-state index contributed by atoms with van der Waals surface area (Å²) in [7, 11) is 0.0565. The third kappa shape index (κ3) is 23.1. The number of hydrogen-bond donors (Lipinski definition) is 5. The lowest BCUT2D eigenvalue weighted by Gasteiger charge is -2.11. The Hall–Kier alpha value is -11.8. The Morgan fingerprint density at radius 2 is 0.686 bits per heavy atom. The summed E-state index contributed by atoms with van der Waals surface area (Å²) < 4.78 is 66.9. The topological polar surface area (TPSA) is 259 Å². The maximum absolute atomic E-state index is 13.1. The Balaban J connectivity index is 0.000000163. The second kappa shape index (κ2) is 39.6. The quantitative estimate of drug-likeness (QED) is 0.0342. The zero-order chi connectivity index (χ0) is 75.4. The fourth-order valence-electron chi connectivity index (χ4n) is 9.90. The molecule has 0 aliphatic rings. The molecule has 0 saturated carbocycles. The Morgan fingerprint density at radius 1 is 0.390 bits per heavy atom. The molecule has 9 aromatic carbocycles. The van der Waals surface area contributed by atoms with Crippen molar-refractivity contribution in [3.8, 4) is 50.6 Å². The molecule has 0 aliphatic heterocycles. The minimum absolute atomic E-state index is 0.0541. The molecule has 13 rings (SSSR count). The van der Waals surface area contributed by atoms with Crippen LogP contribution in [0.1, 0.15) is 27.8 Å². The maximum atomic E-state index is 13.1. The molecule has 105 heavy (non-hydrogen) atoms. The van der Waals surface area contributed by atoms with E-state index in [0.717, 1.165) is 32.7 Å². The summed E-state index contributed by atoms with van der Waals surface area (Å²) in [6.07, 6.45) is 7.81. The highest BCUT2D eigenvalue weighted by Crippen LogP contribution is 2.27. The van der Waals surface area contributed by atoms with E-state index in [1.54, 1.807) is 54.4 Å². The van der Waals surface area contributed by atoms with Gasteiger partial charge in [0.1, 0.15) is 29.0 Å². The lowest BCUT2D eigenvalue weighted by molar-refractivity contribution is 0.407. The molecular formula is C78H69B2ClF4N8O11S. The zero-order valence-electron chi connectivity index (χ0n) is 56.9. The van der Waals surface area contributed by atoms with Gasteiger partial charge in [0, 0.05) is 4.90 Å². The van der Waals surface area contributed by atoms with Crippen LogP contribution in [0.4, 0.5) is 17.6 Å². The molecule has 0 amide bonds.